The average Bonchev–Trinajstić information content (AvgIpc) is 3.03. The van der Waals surface area contributed by atoms with Crippen LogP contribution in [0, 0.1) is 0 Å². The van der Waals surface area contributed by atoms with Crippen LogP contribution in [0.2, 0.25) is 5.02 Å². The molecule has 0 aliphatic heterocycles. The summed E-state index contributed by atoms with van der Waals surface area (Å²) in [4.78, 5) is 15.3. The molecule has 0 radical (unpaired) electrons. The number of aromatic nitrogens is 1. The minimum atomic E-state index is 0.0430. The van der Waals surface area contributed by atoms with E-state index in [9.17, 15) is 4.79 Å². The number of ether oxygens (including phenoxy) is 1. The van der Waals surface area contributed by atoms with Gasteiger partial charge >= 0.3 is 0 Å². The molecular formula is C20H21ClN2O2. The first-order valence-electron chi connectivity index (χ1n) is 8.31. The van der Waals surface area contributed by atoms with Crippen LogP contribution in [0.5, 0.6) is 5.75 Å². The van der Waals surface area contributed by atoms with Crippen LogP contribution in [0.25, 0.3) is 10.9 Å². The molecule has 0 atom stereocenters. The molecule has 0 bridgehead atoms. The van der Waals surface area contributed by atoms with Gasteiger partial charge < -0.3 is 15.0 Å². The number of H-pyrrole nitrogens is 1. The van der Waals surface area contributed by atoms with Crippen molar-refractivity contribution in [2.45, 2.75) is 19.3 Å². The van der Waals surface area contributed by atoms with Crippen molar-refractivity contribution in [2.75, 3.05) is 13.7 Å². The Morgan fingerprint density at radius 2 is 2.00 bits per heavy atom. The fourth-order valence-electron chi connectivity index (χ4n) is 2.87. The summed E-state index contributed by atoms with van der Waals surface area (Å²) in [7, 11) is 1.66. The summed E-state index contributed by atoms with van der Waals surface area (Å²) in [5.74, 6) is 0.871. The minimum Gasteiger partial charge on any atom is -0.497 e. The monoisotopic (exact) mass is 356 g/mol. The van der Waals surface area contributed by atoms with Gasteiger partial charge in [0.25, 0.3) is 0 Å². The zero-order valence-corrected chi connectivity index (χ0v) is 14.9. The topological polar surface area (TPSA) is 54.1 Å². The van der Waals surface area contributed by atoms with Crippen molar-refractivity contribution in [3.63, 3.8) is 0 Å². The van der Waals surface area contributed by atoms with E-state index in [-0.39, 0.29) is 5.91 Å². The third-order valence-electron chi connectivity index (χ3n) is 4.27. The second kappa shape index (κ2) is 8.08. The number of nitrogens with one attached hydrogen (secondary N) is 2. The van der Waals surface area contributed by atoms with Crippen molar-refractivity contribution in [1.82, 2.24) is 10.3 Å². The summed E-state index contributed by atoms with van der Waals surface area (Å²) in [6.45, 7) is 0.611. The van der Waals surface area contributed by atoms with Crippen LogP contribution in [-0.4, -0.2) is 24.5 Å². The summed E-state index contributed by atoms with van der Waals surface area (Å²) in [5, 5.41) is 4.85. The van der Waals surface area contributed by atoms with Crippen LogP contribution in [0.3, 0.4) is 0 Å². The Hall–Kier alpha value is -2.46. The van der Waals surface area contributed by atoms with E-state index in [4.69, 9.17) is 16.3 Å². The fraction of sp³-hybridized carbons (Fsp3) is 0.250. The van der Waals surface area contributed by atoms with Gasteiger partial charge in [0.05, 0.1) is 7.11 Å². The van der Waals surface area contributed by atoms with Crippen molar-refractivity contribution in [3.8, 4) is 5.75 Å². The molecule has 0 unspecified atom stereocenters. The molecule has 0 saturated carbocycles. The lowest BCUT2D eigenvalue weighted by atomic mass is 10.1. The molecule has 130 valence electrons. The summed E-state index contributed by atoms with van der Waals surface area (Å²) in [5.41, 5.74) is 3.23. The van der Waals surface area contributed by atoms with Gasteiger partial charge in [-0.3, -0.25) is 4.79 Å². The molecule has 0 spiro atoms. The second-order valence-electron chi connectivity index (χ2n) is 5.92. The van der Waals surface area contributed by atoms with E-state index in [1.165, 1.54) is 5.56 Å². The van der Waals surface area contributed by atoms with Crippen LogP contribution in [0.1, 0.15) is 17.5 Å². The molecule has 0 aliphatic carbocycles. The summed E-state index contributed by atoms with van der Waals surface area (Å²) in [6.07, 6.45) is 3.86. The molecule has 5 heteroatoms. The minimum absolute atomic E-state index is 0.0430. The normalized spacial score (nSPS) is 10.8. The average molecular weight is 357 g/mol. The maximum atomic E-state index is 12.0. The maximum absolute atomic E-state index is 12.0. The van der Waals surface area contributed by atoms with Gasteiger partial charge in [0, 0.05) is 41.2 Å². The first kappa shape index (κ1) is 17.4. The van der Waals surface area contributed by atoms with E-state index in [1.54, 1.807) is 7.11 Å². The SMILES string of the molecule is COc1ccc2c(CCNC(=O)CCc3ccccc3Cl)c[nH]c2c1. The number of aromatic amines is 1. The molecule has 25 heavy (non-hydrogen) atoms. The molecule has 1 heterocycles. The van der Waals surface area contributed by atoms with Crippen LogP contribution in [0.15, 0.2) is 48.7 Å². The van der Waals surface area contributed by atoms with Gasteiger partial charge in [0.2, 0.25) is 5.91 Å². The number of fused-ring (bicyclic) bond motifs is 1. The standard InChI is InChI=1S/C20H21ClN2O2/c1-25-16-7-8-17-15(13-23-19(17)12-16)10-11-22-20(24)9-6-14-4-2-3-5-18(14)21/h2-5,7-8,12-13,23H,6,9-11H2,1H3,(H,22,24). The Labute approximate surface area is 152 Å². The molecule has 2 N–H and O–H groups in total. The van der Waals surface area contributed by atoms with Gasteiger partial charge in [-0.25, -0.2) is 0 Å². The molecule has 3 aromatic rings. The van der Waals surface area contributed by atoms with Crippen molar-refractivity contribution in [1.29, 1.82) is 0 Å². The predicted molar refractivity (Wildman–Crippen MR) is 101 cm³/mol. The number of carbonyl (C=O) groups excluding carboxylic acids is 1. The number of halogens is 1. The molecule has 3 rings (SSSR count). The van der Waals surface area contributed by atoms with Gasteiger partial charge in [0.15, 0.2) is 0 Å². The van der Waals surface area contributed by atoms with Gasteiger partial charge in [-0.1, -0.05) is 29.8 Å². The zero-order chi connectivity index (χ0) is 17.6. The lowest BCUT2D eigenvalue weighted by Gasteiger charge is -2.06. The van der Waals surface area contributed by atoms with Gasteiger partial charge in [0.1, 0.15) is 5.75 Å². The first-order chi connectivity index (χ1) is 12.2. The van der Waals surface area contributed by atoms with Crippen LogP contribution >= 0.6 is 11.6 Å². The number of rotatable bonds is 7. The third-order valence-corrected chi connectivity index (χ3v) is 4.64. The Balaban J connectivity index is 1.49. The van der Waals surface area contributed by atoms with Crippen molar-refractivity contribution >= 4 is 28.4 Å². The largest absolute Gasteiger partial charge is 0.497 e. The zero-order valence-electron chi connectivity index (χ0n) is 14.1. The van der Waals surface area contributed by atoms with E-state index in [1.807, 2.05) is 48.7 Å². The summed E-state index contributed by atoms with van der Waals surface area (Å²) < 4.78 is 5.23. The molecule has 0 aliphatic rings. The number of benzene rings is 2. The fourth-order valence-corrected chi connectivity index (χ4v) is 3.10. The van der Waals surface area contributed by atoms with E-state index >= 15 is 0 Å². The van der Waals surface area contributed by atoms with Gasteiger partial charge in [-0.05, 0) is 42.2 Å². The lowest BCUT2D eigenvalue weighted by Crippen LogP contribution is -2.25. The van der Waals surface area contributed by atoms with Gasteiger partial charge in [-0.2, -0.15) is 0 Å². The highest BCUT2D eigenvalue weighted by Crippen LogP contribution is 2.23. The first-order valence-corrected chi connectivity index (χ1v) is 8.69. The summed E-state index contributed by atoms with van der Waals surface area (Å²) in [6, 6.07) is 13.6. The van der Waals surface area contributed by atoms with E-state index < -0.39 is 0 Å². The molecule has 2 aromatic carbocycles. The molecular weight excluding hydrogens is 336 g/mol. The van der Waals surface area contributed by atoms with E-state index in [0.29, 0.717) is 24.4 Å². The Morgan fingerprint density at radius 1 is 1.16 bits per heavy atom. The third kappa shape index (κ3) is 4.34. The smallest absolute Gasteiger partial charge is 0.220 e. The number of hydrogen-bond donors (Lipinski definition) is 2. The van der Waals surface area contributed by atoms with E-state index in [0.717, 1.165) is 28.6 Å². The number of hydrogen-bond acceptors (Lipinski definition) is 2. The quantitative estimate of drug-likeness (QED) is 0.669. The summed E-state index contributed by atoms with van der Waals surface area (Å²) >= 11 is 6.11. The van der Waals surface area contributed by atoms with Crippen LogP contribution < -0.4 is 10.1 Å². The lowest BCUT2D eigenvalue weighted by molar-refractivity contribution is -0.121. The highest BCUT2D eigenvalue weighted by atomic mass is 35.5. The Kier molecular flexibility index (Phi) is 5.61. The van der Waals surface area contributed by atoms with Crippen LogP contribution in [-0.2, 0) is 17.6 Å². The van der Waals surface area contributed by atoms with Crippen molar-refractivity contribution in [2.24, 2.45) is 0 Å². The molecule has 0 fully saturated rings. The highest BCUT2D eigenvalue weighted by Gasteiger charge is 2.07. The number of amides is 1. The predicted octanol–water partition coefficient (Wildman–Crippen LogP) is 4.12. The maximum Gasteiger partial charge on any atom is 0.220 e. The molecule has 0 saturated heterocycles. The second-order valence-corrected chi connectivity index (χ2v) is 6.32. The Morgan fingerprint density at radius 3 is 2.80 bits per heavy atom. The number of methoxy groups -OCH3 is 1. The van der Waals surface area contributed by atoms with Gasteiger partial charge in [-0.15, -0.1) is 0 Å². The van der Waals surface area contributed by atoms with Crippen LogP contribution in [0.4, 0.5) is 0 Å². The molecule has 1 aromatic heterocycles. The highest BCUT2D eigenvalue weighted by molar-refractivity contribution is 6.31. The van der Waals surface area contributed by atoms with Crippen molar-refractivity contribution in [3.05, 3.63) is 64.8 Å². The molecule has 4 nitrogen and oxygen atoms in total. The number of carbonyl (C=O) groups is 1. The van der Waals surface area contributed by atoms with E-state index in [2.05, 4.69) is 10.3 Å². The Bertz CT molecular complexity index is 873. The molecule has 1 amide bonds. The van der Waals surface area contributed by atoms with Crippen molar-refractivity contribution < 1.29 is 9.53 Å². The number of aryl methyl sites for hydroxylation is 1.